The number of aromatic nitrogens is 1. The molecule has 11 heavy (non-hydrogen) atoms. The van der Waals surface area contributed by atoms with Gasteiger partial charge in [0.15, 0.2) is 18.8 Å². The van der Waals surface area contributed by atoms with Crippen molar-refractivity contribution in [1.29, 1.82) is 5.26 Å². The van der Waals surface area contributed by atoms with Crippen molar-refractivity contribution in [3.05, 3.63) is 42.7 Å². The molecule has 0 fully saturated rings. The Morgan fingerprint density at radius 2 is 2.45 bits per heavy atom. The topological polar surface area (TPSA) is 27.7 Å². The minimum absolute atomic E-state index is 0.660. The van der Waals surface area contributed by atoms with Crippen molar-refractivity contribution >= 4 is 0 Å². The Kier molecular flexibility index (Phi) is 2.40. The van der Waals surface area contributed by atoms with Crippen LogP contribution in [-0.4, -0.2) is 0 Å². The Morgan fingerprint density at radius 3 is 3.09 bits per heavy atom. The van der Waals surface area contributed by atoms with Crippen LogP contribution in [0.5, 0.6) is 0 Å². The zero-order valence-electron chi connectivity index (χ0n) is 6.20. The van der Waals surface area contributed by atoms with Gasteiger partial charge in [-0.2, -0.15) is 9.83 Å². The van der Waals surface area contributed by atoms with Gasteiger partial charge in [-0.1, -0.05) is 6.58 Å². The van der Waals surface area contributed by atoms with Crippen molar-refractivity contribution in [2.24, 2.45) is 0 Å². The molecule has 0 unspecified atom stereocenters. The van der Waals surface area contributed by atoms with E-state index in [1.807, 2.05) is 22.9 Å². The van der Waals surface area contributed by atoms with E-state index in [0.717, 1.165) is 0 Å². The SMILES string of the molecule is C=CC[n+]1ccccc1C#N. The van der Waals surface area contributed by atoms with Gasteiger partial charge in [-0.05, 0) is 12.1 Å². The van der Waals surface area contributed by atoms with Crippen LogP contribution in [0, 0.1) is 11.3 Å². The molecule has 0 aliphatic carbocycles. The van der Waals surface area contributed by atoms with Crippen LogP contribution in [0.3, 0.4) is 0 Å². The van der Waals surface area contributed by atoms with Gasteiger partial charge in [-0.15, -0.1) is 0 Å². The van der Waals surface area contributed by atoms with E-state index in [2.05, 4.69) is 12.6 Å². The number of hydrogen-bond acceptors (Lipinski definition) is 1. The second kappa shape index (κ2) is 3.52. The Morgan fingerprint density at radius 1 is 1.64 bits per heavy atom. The number of allylic oxidation sites excluding steroid dienone is 1. The Hall–Kier alpha value is -1.62. The van der Waals surface area contributed by atoms with E-state index >= 15 is 0 Å². The third-order valence-electron chi connectivity index (χ3n) is 1.38. The summed E-state index contributed by atoms with van der Waals surface area (Å²) in [4.78, 5) is 0. The van der Waals surface area contributed by atoms with E-state index < -0.39 is 0 Å². The average molecular weight is 145 g/mol. The van der Waals surface area contributed by atoms with Gasteiger partial charge in [-0.3, -0.25) is 0 Å². The number of rotatable bonds is 2. The molecule has 0 atom stereocenters. The van der Waals surface area contributed by atoms with E-state index in [0.29, 0.717) is 12.2 Å². The van der Waals surface area contributed by atoms with Gasteiger partial charge in [-0.25, -0.2) is 0 Å². The van der Waals surface area contributed by atoms with Crippen molar-refractivity contribution in [2.75, 3.05) is 0 Å². The molecule has 1 rings (SSSR count). The van der Waals surface area contributed by atoms with E-state index in [1.165, 1.54) is 0 Å². The van der Waals surface area contributed by atoms with Gasteiger partial charge in [0.1, 0.15) is 0 Å². The lowest BCUT2D eigenvalue weighted by Crippen LogP contribution is -2.35. The van der Waals surface area contributed by atoms with Crippen LogP contribution in [-0.2, 0) is 6.54 Å². The molecule has 0 aromatic carbocycles. The molecular weight excluding hydrogens is 136 g/mol. The summed E-state index contributed by atoms with van der Waals surface area (Å²) < 4.78 is 1.84. The molecule has 0 saturated heterocycles. The van der Waals surface area contributed by atoms with Crippen LogP contribution < -0.4 is 4.57 Å². The molecule has 1 aromatic heterocycles. The standard InChI is InChI=1S/C9H9N2/c1-2-6-11-7-4-3-5-9(11)8-10/h2-5,7H,1,6H2/q+1. The highest BCUT2D eigenvalue weighted by molar-refractivity contribution is 5.13. The summed E-state index contributed by atoms with van der Waals surface area (Å²) in [6.07, 6.45) is 3.63. The van der Waals surface area contributed by atoms with Gasteiger partial charge >= 0.3 is 0 Å². The highest BCUT2D eigenvalue weighted by Crippen LogP contribution is 1.87. The summed E-state index contributed by atoms with van der Waals surface area (Å²) in [6, 6.07) is 7.62. The quantitative estimate of drug-likeness (QED) is 0.451. The van der Waals surface area contributed by atoms with E-state index in [9.17, 15) is 0 Å². The van der Waals surface area contributed by atoms with Crippen molar-refractivity contribution in [3.8, 4) is 6.07 Å². The van der Waals surface area contributed by atoms with Crippen LogP contribution in [0.2, 0.25) is 0 Å². The minimum Gasteiger partial charge on any atom is -0.186 e. The monoisotopic (exact) mass is 145 g/mol. The second-order valence-corrected chi connectivity index (χ2v) is 2.14. The first-order valence-corrected chi connectivity index (χ1v) is 3.38. The normalized spacial score (nSPS) is 8.64. The molecule has 1 heterocycles. The fourth-order valence-corrected chi connectivity index (χ4v) is 0.876. The molecule has 54 valence electrons. The van der Waals surface area contributed by atoms with Crippen LogP contribution in [0.1, 0.15) is 5.69 Å². The van der Waals surface area contributed by atoms with Crippen LogP contribution in [0.25, 0.3) is 0 Å². The minimum atomic E-state index is 0.660. The molecule has 0 saturated carbocycles. The van der Waals surface area contributed by atoms with Crippen molar-refractivity contribution < 1.29 is 4.57 Å². The lowest BCUT2D eigenvalue weighted by atomic mass is 10.3. The molecule has 0 radical (unpaired) electrons. The third-order valence-corrected chi connectivity index (χ3v) is 1.38. The lowest BCUT2D eigenvalue weighted by molar-refractivity contribution is -0.689. The predicted molar refractivity (Wildman–Crippen MR) is 41.5 cm³/mol. The summed E-state index contributed by atoms with van der Waals surface area (Å²) >= 11 is 0. The third kappa shape index (κ3) is 1.65. The van der Waals surface area contributed by atoms with E-state index in [-0.39, 0.29) is 0 Å². The number of nitriles is 1. The largest absolute Gasteiger partial charge is 0.283 e. The summed E-state index contributed by atoms with van der Waals surface area (Å²) in [5, 5.41) is 8.64. The van der Waals surface area contributed by atoms with E-state index in [4.69, 9.17) is 5.26 Å². The molecule has 0 aliphatic rings. The molecule has 1 aromatic rings. The second-order valence-electron chi connectivity index (χ2n) is 2.14. The summed E-state index contributed by atoms with van der Waals surface area (Å²) in [7, 11) is 0. The molecule has 2 nitrogen and oxygen atoms in total. The fourth-order valence-electron chi connectivity index (χ4n) is 0.876. The Bertz CT molecular complexity index is 297. The first kappa shape index (κ1) is 7.49. The highest BCUT2D eigenvalue weighted by atomic mass is 14.9. The van der Waals surface area contributed by atoms with Gasteiger partial charge < -0.3 is 0 Å². The Balaban J connectivity index is 3.04. The summed E-state index contributed by atoms with van der Waals surface area (Å²) in [6.45, 7) is 4.29. The van der Waals surface area contributed by atoms with Crippen molar-refractivity contribution in [1.82, 2.24) is 0 Å². The molecule has 0 bridgehead atoms. The van der Waals surface area contributed by atoms with Crippen LogP contribution in [0.15, 0.2) is 37.1 Å². The van der Waals surface area contributed by atoms with Gasteiger partial charge in [0, 0.05) is 12.1 Å². The summed E-state index contributed by atoms with van der Waals surface area (Å²) in [5.41, 5.74) is 0.660. The van der Waals surface area contributed by atoms with Crippen LogP contribution >= 0.6 is 0 Å². The highest BCUT2D eigenvalue weighted by Gasteiger charge is 2.03. The number of pyridine rings is 1. The van der Waals surface area contributed by atoms with Crippen LogP contribution in [0.4, 0.5) is 0 Å². The van der Waals surface area contributed by atoms with Gasteiger partial charge in [0.25, 0.3) is 5.69 Å². The van der Waals surface area contributed by atoms with Gasteiger partial charge in [0.2, 0.25) is 0 Å². The zero-order chi connectivity index (χ0) is 8.10. The molecule has 2 heteroatoms. The lowest BCUT2D eigenvalue weighted by Gasteiger charge is -1.91. The maximum Gasteiger partial charge on any atom is 0.283 e. The fraction of sp³-hybridized carbons (Fsp3) is 0.111. The van der Waals surface area contributed by atoms with Crippen molar-refractivity contribution in [3.63, 3.8) is 0 Å². The maximum absolute atomic E-state index is 8.64. The molecule has 0 N–H and O–H groups in total. The van der Waals surface area contributed by atoms with E-state index in [1.54, 1.807) is 12.1 Å². The first-order chi connectivity index (χ1) is 5.38. The zero-order valence-corrected chi connectivity index (χ0v) is 6.20. The number of hydrogen-bond donors (Lipinski definition) is 0. The van der Waals surface area contributed by atoms with Gasteiger partial charge in [0.05, 0.1) is 0 Å². The maximum atomic E-state index is 8.64. The van der Waals surface area contributed by atoms with Crippen molar-refractivity contribution in [2.45, 2.75) is 6.54 Å². The molecule has 0 spiro atoms. The predicted octanol–water partition coefficient (Wildman–Crippen LogP) is 1.03. The molecule has 0 aliphatic heterocycles. The smallest absolute Gasteiger partial charge is 0.186 e. The molecule has 0 amide bonds. The Labute approximate surface area is 66.0 Å². The first-order valence-electron chi connectivity index (χ1n) is 3.38. The molecular formula is C9H9N2+. The number of nitrogens with zero attached hydrogens (tertiary/aromatic N) is 2. The summed E-state index contributed by atoms with van der Waals surface area (Å²) in [5.74, 6) is 0. The average Bonchev–Trinajstić information content (AvgIpc) is 2.06.